The summed E-state index contributed by atoms with van der Waals surface area (Å²) in [5, 5.41) is 0. The Bertz CT molecular complexity index is 680. The molecule has 1 aromatic rings. The smallest absolute Gasteiger partial charge is 0.162 e. The van der Waals surface area contributed by atoms with Gasteiger partial charge in [-0.05, 0) is 97.6 Å². The van der Waals surface area contributed by atoms with Crippen LogP contribution in [0, 0.1) is 35.3 Å². The van der Waals surface area contributed by atoms with E-state index < -0.39 is 11.6 Å². The largest absolute Gasteiger partial charge is 0.203 e. The van der Waals surface area contributed by atoms with Gasteiger partial charge in [-0.25, -0.2) is 8.78 Å². The van der Waals surface area contributed by atoms with E-state index in [4.69, 9.17) is 0 Å². The minimum absolute atomic E-state index is 0.233. The van der Waals surface area contributed by atoms with Crippen molar-refractivity contribution in [3.05, 3.63) is 34.4 Å². The molecule has 0 nitrogen and oxygen atoms in total. The van der Waals surface area contributed by atoms with Crippen LogP contribution in [0.1, 0.15) is 107 Å². The molecule has 3 aliphatic rings. The lowest BCUT2D eigenvalue weighted by Crippen LogP contribution is -2.30. The Hall–Kier alpha value is -0.920. The molecule has 28 heavy (non-hydrogen) atoms. The van der Waals surface area contributed by atoms with E-state index >= 15 is 8.78 Å². The zero-order valence-corrected chi connectivity index (χ0v) is 17.9. The van der Waals surface area contributed by atoms with E-state index in [0.717, 1.165) is 55.4 Å². The van der Waals surface area contributed by atoms with Gasteiger partial charge in [-0.1, -0.05) is 52.0 Å². The lowest BCUT2D eigenvalue weighted by molar-refractivity contribution is 0.123. The van der Waals surface area contributed by atoms with Crippen LogP contribution in [-0.2, 0) is 12.8 Å². The monoisotopic (exact) mass is 388 g/mol. The molecular weight excluding hydrogens is 350 g/mol. The fourth-order valence-electron chi connectivity index (χ4n) is 6.57. The SMILES string of the molecule is CCCCCC1CCc2cc(C3CCC4CC(C)CCC4C3)c(F)c(F)c2C1. The number of benzene rings is 1. The molecule has 156 valence electrons. The van der Waals surface area contributed by atoms with Crippen molar-refractivity contribution >= 4 is 0 Å². The number of halogens is 2. The molecule has 0 amide bonds. The van der Waals surface area contributed by atoms with Gasteiger partial charge in [0.2, 0.25) is 0 Å². The minimum Gasteiger partial charge on any atom is -0.203 e. The van der Waals surface area contributed by atoms with Crippen molar-refractivity contribution in [3.63, 3.8) is 0 Å². The molecule has 3 aliphatic carbocycles. The summed E-state index contributed by atoms with van der Waals surface area (Å²) in [5.74, 6) is 2.16. The predicted octanol–water partition coefficient (Wildman–Crippen LogP) is 7.97. The van der Waals surface area contributed by atoms with Gasteiger partial charge in [0.1, 0.15) is 0 Å². The van der Waals surface area contributed by atoms with Crippen molar-refractivity contribution in [2.24, 2.45) is 23.7 Å². The maximum absolute atomic E-state index is 15.1. The van der Waals surface area contributed by atoms with E-state index in [0.29, 0.717) is 17.0 Å². The zero-order chi connectivity index (χ0) is 19.7. The maximum Gasteiger partial charge on any atom is 0.162 e. The number of hydrogen-bond donors (Lipinski definition) is 0. The summed E-state index contributed by atoms with van der Waals surface area (Å²) in [4.78, 5) is 0. The third kappa shape index (κ3) is 4.17. The minimum atomic E-state index is -0.513. The molecule has 0 radical (unpaired) electrons. The quantitative estimate of drug-likeness (QED) is 0.449. The van der Waals surface area contributed by atoms with E-state index in [2.05, 4.69) is 19.9 Å². The Morgan fingerprint density at radius 1 is 0.929 bits per heavy atom. The summed E-state index contributed by atoms with van der Waals surface area (Å²) in [6, 6.07) is 2.08. The first kappa shape index (κ1) is 20.4. The van der Waals surface area contributed by atoms with Crippen LogP contribution in [0.5, 0.6) is 0 Å². The van der Waals surface area contributed by atoms with E-state index in [-0.39, 0.29) is 5.92 Å². The lowest BCUT2D eigenvalue weighted by atomic mass is 9.64. The summed E-state index contributed by atoms with van der Waals surface area (Å²) < 4.78 is 30.2. The van der Waals surface area contributed by atoms with Crippen molar-refractivity contribution in [2.45, 2.75) is 103 Å². The topological polar surface area (TPSA) is 0 Å². The lowest BCUT2D eigenvalue weighted by Gasteiger charge is -2.42. The van der Waals surface area contributed by atoms with E-state index in [1.165, 1.54) is 51.4 Å². The summed E-state index contributed by atoms with van der Waals surface area (Å²) in [6.07, 6.45) is 15.0. The van der Waals surface area contributed by atoms with Crippen LogP contribution >= 0.6 is 0 Å². The molecule has 2 heteroatoms. The molecule has 0 heterocycles. The Balaban J connectivity index is 1.49. The fourth-order valence-corrected chi connectivity index (χ4v) is 6.57. The van der Waals surface area contributed by atoms with Crippen LogP contribution < -0.4 is 0 Å². The molecule has 0 saturated heterocycles. The van der Waals surface area contributed by atoms with Gasteiger partial charge in [0, 0.05) is 0 Å². The number of hydrogen-bond acceptors (Lipinski definition) is 0. The highest BCUT2D eigenvalue weighted by molar-refractivity contribution is 5.38. The second-order valence-electron chi connectivity index (χ2n) is 10.3. The van der Waals surface area contributed by atoms with Crippen molar-refractivity contribution < 1.29 is 8.78 Å². The molecule has 0 bridgehead atoms. The Labute approximate surface area is 170 Å². The van der Waals surface area contributed by atoms with Crippen LogP contribution in [-0.4, -0.2) is 0 Å². The van der Waals surface area contributed by atoms with Gasteiger partial charge in [-0.2, -0.15) is 0 Å². The third-order valence-electron chi connectivity index (χ3n) is 8.27. The van der Waals surface area contributed by atoms with Gasteiger partial charge < -0.3 is 0 Å². The number of rotatable bonds is 5. The maximum atomic E-state index is 15.1. The Morgan fingerprint density at radius 2 is 1.71 bits per heavy atom. The molecule has 0 spiro atoms. The molecular formula is C26H38F2. The zero-order valence-electron chi connectivity index (χ0n) is 17.9. The predicted molar refractivity (Wildman–Crippen MR) is 113 cm³/mol. The average molecular weight is 389 g/mol. The number of aryl methyl sites for hydroxylation is 1. The fraction of sp³-hybridized carbons (Fsp3) is 0.769. The van der Waals surface area contributed by atoms with E-state index in [1.807, 2.05) is 0 Å². The van der Waals surface area contributed by atoms with Crippen molar-refractivity contribution in [1.82, 2.24) is 0 Å². The highest BCUT2D eigenvalue weighted by Crippen LogP contribution is 2.48. The summed E-state index contributed by atoms with van der Waals surface area (Å²) in [6.45, 7) is 4.59. The molecule has 0 aliphatic heterocycles. The van der Waals surface area contributed by atoms with Crippen LogP contribution in [0.25, 0.3) is 0 Å². The first-order valence-electron chi connectivity index (χ1n) is 12.1. The molecule has 4 rings (SSSR count). The first-order chi connectivity index (χ1) is 13.6. The van der Waals surface area contributed by atoms with Gasteiger partial charge in [0.05, 0.1) is 0 Å². The van der Waals surface area contributed by atoms with Crippen LogP contribution in [0.3, 0.4) is 0 Å². The molecule has 5 atom stereocenters. The number of unbranched alkanes of at least 4 members (excludes halogenated alkanes) is 2. The standard InChI is InChI=1S/C26H38F2/c1-3-4-5-6-18-8-10-22-16-24(26(28)25(27)23(22)14-18)21-12-11-19-13-17(2)7-9-20(19)15-21/h16-21H,3-15H2,1-2H3. The van der Waals surface area contributed by atoms with Crippen molar-refractivity contribution in [2.75, 3.05) is 0 Å². The normalized spacial score (nSPS) is 32.6. The second kappa shape index (κ2) is 8.84. The molecule has 5 unspecified atom stereocenters. The molecule has 1 aromatic carbocycles. The molecule has 2 fully saturated rings. The van der Waals surface area contributed by atoms with E-state index in [1.54, 1.807) is 0 Å². The van der Waals surface area contributed by atoms with Crippen LogP contribution in [0.2, 0.25) is 0 Å². The summed E-state index contributed by atoms with van der Waals surface area (Å²) >= 11 is 0. The summed E-state index contributed by atoms with van der Waals surface area (Å²) in [5.41, 5.74) is 2.52. The number of fused-ring (bicyclic) bond motifs is 2. The third-order valence-corrected chi connectivity index (χ3v) is 8.27. The Morgan fingerprint density at radius 3 is 2.54 bits per heavy atom. The highest BCUT2D eigenvalue weighted by Gasteiger charge is 2.37. The first-order valence-corrected chi connectivity index (χ1v) is 12.1. The van der Waals surface area contributed by atoms with Gasteiger partial charge in [0.25, 0.3) is 0 Å². The van der Waals surface area contributed by atoms with Gasteiger partial charge in [-0.3, -0.25) is 0 Å². The average Bonchev–Trinajstić information content (AvgIpc) is 2.71. The highest BCUT2D eigenvalue weighted by atomic mass is 19.2. The van der Waals surface area contributed by atoms with Gasteiger partial charge >= 0.3 is 0 Å². The molecule has 0 aromatic heterocycles. The van der Waals surface area contributed by atoms with Crippen LogP contribution in [0.4, 0.5) is 8.78 Å². The van der Waals surface area contributed by atoms with Gasteiger partial charge in [-0.15, -0.1) is 0 Å². The molecule has 2 saturated carbocycles. The van der Waals surface area contributed by atoms with E-state index in [9.17, 15) is 0 Å². The molecule has 0 N–H and O–H groups in total. The van der Waals surface area contributed by atoms with Crippen LogP contribution in [0.15, 0.2) is 6.07 Å². The van der Waals surface area contributed by atoms with Crippen molar-refractivity contribution in [1.29, 1.82) is 0 Å². The van der Waals surface area contributed by atoms with Gasteiger partial charge in [0.15, 0.2) is 11.6 Å². The Kier molecular flexibility index (Phi) is 6.43. The summed E-state index contributed by atoms with van der Waals surface area (Å²) in [7, 11) is 0. The second-order valence-corrected chi connectivity index (χ2v) is 10.3. The van der Waals surface area contributed by atoms with Crippen molar-refractivity contribution in [3.8, 4) is 0 Å².